The monoisotopic (exact) mass is 1630 g/mol. The summed E-state index contributed by atoms with van der Waals surface area (Å²) in [4.78, 5) is 117. The van der Waals surface area contributed by atoms with Crippen molar-refractivity contribution in [3.8, 4) is 0 Å². The first kappa shape index (κ1) is 106. The number of carbonyl (C=O) groups is 10. The Morgan fingerprint density at radius 1 is 0.407 bits per heavy atom. The predicted octanol–water partition coefficient (Wildman–Crippen LogP) is 0.682. The van der Waals surface area contributed by atoms with Crippen molar-refractivity contribution in [2.75, 3.05) is 19.8 Å². The van der Waals surface area contributed by atoms with Gasteiger partial charge in [0.2, 0.25) is 17.7 Å². The van der Waals surface area contributed by atoms with Crippen LogP contribution in [0.15, 0.2) is 0 Å². The third-order valence-electron chi connectivity index (χ3n) is 19.2. The van der Waals surface area contributed by atoms with Gasteiger partial charge in [-0.1, -0.05) is 81.1 Å². The first-order valence-electron chi connectivity index (χ1n) is 39.1. The van der Waals surface area contributed by atoms with Gasteiger partial charge in [0, 0.05) is 75.2 Å². The summed E-state index contributed by atoms with van der Waals surface area (Å²) in [6.07, 6.45) is -16.2. The zero-order valence-electron chi connectivity index (χ0n) is 68.9. The minimum atomic E-state index is -2.02. The van der Waals surface area contributed by atoms with Crippen LogP contribution < -0.4 is 16.0 Å². The van der Waals surface area contributed by atoms with Crippen LogP contribution in [0.3, 0.4) is 0 Å². The molecule has 0 spiro atoms. The summed E-state index contributed by atoms with van der Waals surface area (Å²) in [7, 11) is 0. The molecule has 4 saturated heterocycles. The number of rotatable bonds is 46. The van der Waals surface area contributed by atoms with Gasteiger partial charge in [-0.2, -0.15) is 0 Å². The quantitative estimate of drug-likeness (QED) is 0.0226. The second kappa shape index (κ2) is 51.6. The fraction of sp³-hybridized carbons (Fsp3) is 0.868. The molecule has 4 heterocycles. The van der Waals surface area contributed by atoms with Crippen molar-refractivity contribution in [3.05, 3.63) is 0 Å². The summed E-state index contributed by atoms with van der Waals surface area (Å²) < 4.78 is 65.1. The highest BCUT2D eigenvalue weighted by molar-refractivity contribution is 5.82. The Morgan fingerprint density at radius 3 is 1.00 bits per heavy atom. The first-order chi connectivity index (χ1) is 52.8. The van der Waals surface area contributed by atoms with Gasteiger partial charge in [0.1, 0.15) is 54.0 Å². The number of carbonyl (C=O) groups excluding carboxylic acids is 10. The molecule has 658 valence electrons. The Labute approximate surface area is 662 Å². The maximum absolute atomic E-state index is 12.5. The summed E-state index contributed by atoms with van der Waals surface area (Å²) in [5, 5.41) is 131. The van der Waals surface area contributed by atoms with Gasteiger partial charge in [-0.25, -0.2) is 0 Å². The predicted molar refractivity (Wildman–Crippen MR) is 397 cm³/mol. The molecule has 4 rings (SSSR count). The van der Waals surface area contributed by atoms with Crippen molar-refractivity contribution >= 4 is 61.0 Å². The Balaban J connectivity index is 0.000000755. The zero-order valence-corrected chi connectivity index (χ0v) is 68.9. The van der Waals surface area contributed by atoms with Crippen molar-refractivity contribution in [1.29, 1.82) is 0 Å². The topological polar surface area (TPSA) is 560 Å². The molecule has 4 aliphatic heterocycles. The lowest BCUT2D eigenvalue weighted by Gasteiger charge is -2.47. The van der Waals surface area contributed by atoms with Gasteiger partial charge >= 0.3 is 23.9 Å². The number of ketones is 3. The molecule has 4 fully saturated rings. The number of hydrogen-bond donors (Lipinski definition) is 15. The van der Waals surface area contributed by atoms with Crippen LogP contribution in [0.25, 0.3) is 0 Å². The van der Waals surface area contributed by atoms with E-state index in [1.54, 1.807) is 76.2 Å². The minimum absolute atomic E-state index is 0.0331. The summed E-state index contributed by atoms with van der Waals surface area (Å²) in [6, 6.07) is -1.93. The molecule has 0 aromatic rings. The fourth-order valence-electron chi connectivity index (χ4n) is 13.7. The SMILES string of the molecule is CCCC(C)C(=O)CC1C(O)CC(OC=O)(OC(C)C)OC1C(O)C(O)CO.CCCC(C)C(=O)CC1C(O)CC(OC=O)(OC(C)C)OC1C(O)C(O)CO.CCCC(C)C(=O)CC1OC(OC=O)(OC(C)C)CC(O)C1NC(C)=O.CCCC(C)C(=O)NCC(O)C(O)C1OC(OC=O)(OC(C)C)CC(O)C1NC(C)=O. The highest BCUT2D eigenvalue weighted by atomic mass is 16.9. The number of aliphatic hydroxyl groups excluding tert-OH is 12. The first-order valence-corrected chi connectivity index (χ1v) is 39.1. The summed E-state index contributed by atoms with van der Waals surface area (Å²) in [5.74, 6) is -11.8. The molecular formula is C76H135N3O34. The van der Waals surface area contributed by atoms with Crippen LogP contribution in [0.4, 0.5) is 0 Å². The van der Waals surface area contributed by atoms with E-state index in [0.717, 1.165) is 32.1 Å². The lowest BCUT2D eigenvalue weighted by atomic mass is 9.80. The number of hydrogen-bond acceptors (Lipinski definition) is 34. The van der Waals surface area contributed by atoms with Gasteiger partial charge in [0.15, 0.2) is 0 Å². The molecule has 3 amide bonds. The standard InChI is InChI=1S/C20H36N2O9.2C19H34O9.C18H31NO7/c1-6-7-12(4)19(28)21-9-15(26)17(27)18-16(22-13(5)24)14(25)8-20(31-18,29-10-23)30-11(2)3;2*1-5-6-12(4)14(22)7-13-15(23)8-19(26-10-21,27-11(2)3)28-18(13)17(25)16(24)9-20;1-6-7-12(4)14(22)8-16-17(19-13(5)21)15(23)9-18(26-16,24-10-20)25-11(2)3/h10-12,14-18,25-27H,6-9H2,1-5H3,(H,21,28)(H,22,24);2*10-13,15-18,20,23-25H,5-9H2,1-4H3;10-12,15-17,23H,6-9H2,1-5H3,(H,19,21). The van der Waals surface area contributed by atoms with Gasteiger partial charge < -0.3 is 134 Å². The fourth-order valence-corrected chi connectivity index (χ4v) is 13.7. The van der Waals surface area contributed by atoms with Gasteiger partial charge in [-0.05, 0) is 81.1 Å². The molecule has 26 atom stereocenters. The molecular weight excluding hydrogens is 1500 g/mol. The molecule has 26 unspecified atom stereocenters. The van der Waals surface area contributed by atoms with Crippen molar-refractivity contribution in [2.45, 2.75) is 367 Å². The van der Waals surface area contributed by atoms with Crippen LogP contribution >= 0.6 is 0 Å². The minimum Gasteiger partial charge on any atom is -0.410 e. The molecule has 0 radical (unpaired) electrons. The molecule has 37 heteroatoms. The number of aliphatic hydroxyl groups is 12. The van der Waals surface area contributed by atoms with Crippen molar-refractivity contribution in [1.82, 2.24) is 16.0 Å². The molecule has 15 N–H and O–H groups in total. The average Bonchev–Trinajstić information content (AvgIpc) is 0.796. The second-order valence-corrected chi connectivity index (χ2v) is 30.6. The third kappa shape index (κ3) is 34.5. The van der Waals surface area contributed by atoms with E-state index < -0.39 is 171 Å². The molecule has 0 aromatic carbocycles. The summed E-state index contributed by atoms with van der Waals surface area (Å²) in [6.45, 7) is 29.7. The molecule has 0 bridgehead atoms. The van der Waals surface area contributed by atoms with E-state index in [9.17, 15) is 109 Å². The van der Waals surface area contributed by atoms with Crippen molar-refractivity contribution < 1.29 is 166 Å². The van der Waals surface area contributed by atoms with Crippen molar-refractivity contribution in [3.63, 3.8) is 0 Å². The molecule has 0 aromatic heterocycles. The number of amides is 3. The van der Waals surface area contributed by atoms with E-state index in [0.29, 0.717) is 19.3 Å². The Kier molecular flexibility index (Phi) is 48.2. The average molecular weight is 1630 g/mol. The van der Waals surface area contributed by atoms with Crippen LogP contribution in [-0.2, 0) is 105 Å². The smallest absolute Gasteiger partial charge is 0.332 e. The van der Waals surface area contributed by atoms with Crippen LogP contribution in [-0.4, -0.2) is 288 Å². The largest absolute Gasteiger partial charge is 0.410 e. The number of Topliss-reactive ketones (excluding diaryl/α,β-unsaturated/α-hetero) is 3. The second-order valence-electron chi connectivity index (χ2n) is 30.6. The van der Waals surface area contributed by atoms with Gasteiger partial charge in [0.25, 0.3) is 25.9 Å². The van der Waals surface area contributed by atoms with E-state index in [1.165, 1.54) is 13.8 Å². The normalized spacial score (nSPS) is 30.3. The Morgan fingerprint density at radius 2 is 0.690 bits per heavy atom. The van der Waals surface area contributed by atoms with Crippen LogP contribution in [0.2, 0.25) is 0 Å². The third-order valence-corrected chi connectivity index (χ3v) is 19.2. The van der Waals surface area contributed by atoms with E-state index in [2.05, 4.69) is 16.0 Å². The summed E-state index contributed by atoms with van der Waals surface area (Å²) in [5.41, 5.74) is 0. The number of nitrogens with one attached hydrogen (secondary N) is 3. The zero-order chi connectivity index (χ0) is 86.6. The van der Waals surface area contributed by atoms with E-state index >= 15 is 0 Å². The van der Waals surface area contributed by atoms with Gasteiger partial charge in [-0.3, -0.25) is 47.9 Å². The summed E-state index contributed by atoms with van der Waals surface area (Å²) >= 11 is 0. The van der Waals surface area contributed by atoms with Crippen LogP contribution in [0.1, 0.15) is 221 Å². The van der Waals surface area contributed by atoms with Gasteiger partial charge in [0.05, 0.1) is 124 Å². The molecule has 113 heavy (non-hydrogen) atoms. The van der Waals surface area contributed by atoms with Crippen LogP contribution in [0, 0.1) is 35.5 Å². The molecule has 4 aliphatic rings. The maximum Gasteiger partial charge on any atom is 0.332 e. The molecule has 37 nitrogen and oxygen atoms in total. The van der Waals surface area contributed by atoms with Gasteiger partial charge in [-0.15, -0.1) is 0 Å². The highest BCUT2D eigenvalue weighted by Gasteiger charge is 2.58. The maximum atomic E-state index is 12.5. The Hall–Kier alpha value is -5.50. The molecule has 0 saturated carbocycles. The van der Waals surface area contributed by atoms with E-state index in [-0.39, 0.29) is 136 Å². The molecule has 0 aliphatic carbocycles. The number of ether oxygens (including phenoxy) is 12. The highest BCUT2D eigenvalue weighted by Crippen LogP contribution is 2.43. The van der Waals surface area contributed by atoms with Crippen molar-refractivity contribution in [2.24, 2.45) is 35.5 Å². The van der Waals surface area contributed by atoms with Crippen LogP contribution in [0.5, 0.6) is 0 Å². The van der Waals surface area contributed by atoms with E-state index in [4.69, 9.17) is 56.8 Å². The lowest BCUT2D eigenvalue weighted by molar-refractivity contribution is -0.423. The van der Waals surface area contributed by atoms with E-state index in [1.807, 2.05) is 34.6 Å². The lowest BCUT2D eigenvalue weighted by Crippen LogP contribution is -2.67. The Bertz CT molecular complexity index is 2740.